The maximum atomic E-state index is 12.2. The summed E-state index contributed by atoms with van der Waals surface area (Å²) in [5, 5.41) is 0.107. The van der Waals surface area contributed by atoms with Gasteiger partial charge in [0.2, 0.25) is 0 Å². The zero-order chi connectivity index (χ0) is 13.7. The summed E-state index contributed by atoms with van der Waals surface area (Å²) in [5.41, 5.74) is 1.29. The first-order chi connectivity index (χ1) is 8.47. The second kappa shape index (κ2) is 6.69. The molecule has 0 radical (unpaired) electrons. The minimum atomic E-state index is -0.982. The van der Waals surface area contributed by atoms with Crippen molar-refractivity contribution >= 4 is 16.8 Å². The Morgan fingerprint density at radius 1 is 1.28 bits per heavy atom. The lowest BCUT2D eigenvalue weighted by Gasteiger charge is -2.16. The molecule has 100 valence electrons. The molecule has 4 heteroatoms. The number of hydrogen-bond acceptors (Lipinski definition) is 3. The average Bonchev–Trinajstić information content (AvgIpc) is 2.37. The van der Waals surface area contributed by atoms with Gasteiger partial charge in [-0.1, -0.05) is 39.0 Å². The highest BCUT2D eigenvalue weighted by atomic mass is 32.2. The van der Waals surface area contributed by atoms with Gasteiger partial charge in [-0.25, -0.2) is 4.79 Å². The summed E-state index contributed by atoms with van der Waals surface area (Å²) in [4.78, 5) is 11.6. The van der Waals surface area contributed by atoms with Gasteiger partial charge in [-0.3, -0.25) is 4.21 Å². The molecule has 0 aromatic heterocycles. The molecule has 0 saturated carbocycles. The molecule has 0 amide bonds. The smallest absolute Gasteiger partial charge is 0.338 e. The predicted molar refractivity (Wildman–Crippen MR) is 73.9 cm³/mol. The van der Waals surface area contributed by atoms with Gasteiger partial charge in [0.15, 0.2) is 0 Å². The van der Waals surface area contributed by atoms with Crippen molar-refractivity contribution in [2.24, 2.45) is 5.92 Å². The molecule has 0 aliphatic rings. The molecule has 0 bridgehead atoms. The van der Waals surface area contributed by atoms with Crippen LogP contribution in [0.2, 0.25) is 0 Å². The molecule has 1 aromatic carbocycles. The standard InChI is InChI=1S/C14H20O3S/c1-10(2)11(3)18(16)9-12-7-5-6-8-13(12)14(15)17-4/h5-8,10-11H,9H2,1-4H3. The molecular formula is C14H20O3S. The van der Waals surface area contributed by atoms with Gasteiger partial charge in [0.1, 0.15) is 0 Å². The molecule has 0 N–H and O–H groups in total. The quantitative estimate of drug-likeness (QED) is 0.771. The Kier molecular flexibility index (Phi) is 5.54. The van der Waals surface area contributed by atoms with Crippen LogP contribution in [0.5, 0.6) is 0 Å². The number of hydrogen-bond donors (Lipinski definition) is 0. The number of benzene rings is 1. The molecule has 0 aliphatic heterocycles. The number of ether oxygens (including phenoxy) is 1. The van der Waals surface area contributed by atoms with E-state index in [4.69, 9.17) is 4.74 Å². The van der Waals surface area contributed by atoms with Crippen LogP contribution in [0.15, 0.2) is 24.3 Å². The fourth-order valence-corrected chi connectivity index (χ4v) is 2.97. The summed E-state index contributed by atoms with van der Waals surface area (Å²) in [5.74, 6) is 0.376. The van der Waals surface area contributed by atoms with Gasteiger partial charge < -0.3 is 4.74 Å². The topological polar surface area (TPSA) is 43.4 Å². The van der Waals surface area contributed by atoms with Crippen molar-refractivity contribution < 1.29 is 13.7 Å². The lowest BCUT2D eigenvalue weighted by atomic mass is 10.1. The number of esters is 1. The van der Waals surface area contributed by atoms with Crippen LogP contribution in [-0.2, 0) is 21.3 Å². The fourth-order valence-electron chi connectivity index (χ4n) is 1.54. The molecule has 0 fully saturated rings. The molecule has 2 atom stereocenters. The maximum absolute atomic E-state index is 12.2. The van der Waals surface area contributed by atoms with Crippen LogP contribution in [-0.4, -0.2) is 22.5 Å². The zero-order valence-corrected chi connectivity index (χ0v) is 12.1. The number of carbonyl (C=O) groups excluding carboxylic acids is 1. The van der Waals surface area contributed by atoms with E-state index >= 15 is 0 Å². The van der Waals surface area contributed by atoms with E-state index in [2.05, 4.69) is 13.8 Å². The van der Waals surface area contributed by atoms with E-state index in [1.807, 2.05) is 19.1 Å². The molecule has 3 nitrogen and oxygen atoms in total. The van der Waals surface area contributed by atoms with E-state index in [9.17, 15) is 9.00 Å². The van der Waals surface area contributed by atoms with Crippen LogP contribution in [0, 0.1) is 5.92 Å². The summed E-state index contributed by atoms with van der Waals surface area (Å²) in [7, 11) is 0.372. The van der Waals surface area contributed by atoms with Crippen molar-refractivity contribution in [3.63, 3.8) is 0 Å². The molecule has 0 saturated heterocycles. The molecule has 0 aliphatic carbocycles. The molecular weight excluding hydrogens is 248 g/mol. The first kappa shape index (κ1) is 14.9. The summed E-state index contributed by atoms with van der Waals surface area (Å²) in [6.45, 7) is 6.07. The Hall–Kier alpha value is -1.16. The van der Waals surface area contributed by atoms with Gasteiger partial charge in [0.25, 0.3) is 0 Å². The Bertz CT molecular complexity index is 440. The fraction of sp³-hybridized carbons (Fsp3) is 0.500. The highest BCUT2D eigenvalue weighted by Gasteiger charge is 2.18. The van der Waals surface area contributed by atoms with Gasteiger partial charge in [-0.05, 0) is 17.5 Å². The second-order valence-electron chi connectivity index (χ2n) is 4.62. The van der Waals surface area contributed by atoms with E-state index < -0.39 is 10.8 Å². The van der Waals surface area contributed by atoms with Crippen molar-refractivity contribution in [2.45, 2.75) is 31.8 Å². The van der Waals surface area contributed by atoms with Gasteiger partial charge in [-0.15, -0.1) is 0 Å². The minimum Gasteiger partial charge on any atom is -0.465 e. The van der Waals surface area contributed by atoms with Crippen molar-refractivity contribution in [1.82, 2.24) is 0 Å². The first-order valence-electron chi connectivity index (χ1n) is 6.00. The van der Waals surface area contributed by atoms with Gasteiger partial charge >= 0.3 is 5.97 Å². The largest absolute Gasteiger partial charge is 0.465 e. The molecule has 1 aromatic rings. The third kappa shape index (κ3) is 3.67. The van der Waals surface area contributed by atoms with E-state index in [1.165, 1.54) is 7.11 Å². The third-order valence-electron chi connectivity index (χ3n) is 3.07. The number of methoxy groups -OCH3 is 1. The average molecular weight is 268 g/mol. The lowest BCUT2D eigenvalue weighted by molar-refractivity contribution is 0.0600. The normalized spacial score (nSPS) is 14.3. The first-order valence-corrected chi connectivity index (χ1v) is 7.39. The van der Waals surface area contributed by atoms with Crippen LogP contribution in [0.25, 0.3) is 0 Å². The highest BCUT2D eigenvalue weighted by Crippen LogP contribution is 2.17. The molecule has 18 heavy (non-hydrogen) atoms. The van der Waals surface area contributed by atoms with Crippen LogP contribution < -0.4 is 0 Å². The zero-order valence-electron chi connectivity index (χ0n) is 11.3. The van der Waals surface area contributed by atoms with E-state index in [0.717, 1.165) is 5.56 Å². The summed E-state index contributed by atoms with van der Waals surface area (Å²) in [6.07, 6.45) is 0. The van der Waals surface area contributed by atoms with Crippen LogP contribution in [0.3, 0.4) is 0 Å². The van der Waals surface area contributed by atoms with E-state index in [0.29, 0.717) is 17.2 Å². The Morgan fingerprint density at radius 3 is 2.44 bits per heavy atom. The molecule has 2 unspecified atom stereocenters. The maximum Gasteiger partial charge on any atom is 0.338 e. The van der Waals surface area contributed by atoms with Crippen molar-refractivity contribution in [3.05, 3.63) is 35.4 Å². The van der Waals surface area contributed by atoms with Crippen LogP contribution in [0.4, 0.5) is 0 Å². The third-order valence-corrected chi connectivity index (χ3v) is 5.04. The van der Waals surface area contributed by atoms with Crippen LogP contribution >= 0.6 is 0 Å². The summed E-state index contributed by atoms with van der Waals surface area (Å²) in [6, 6.07) is 7.17. The lowest BCUT2D eigenvalue weighted by Crippen LogP contribution is -2.20. The summed E-state index contributed by atoms with van der Waals surface area (Å²) < 4.78 is 16.9. The second-order valence-corrected chi connectivity index (χ2v) is 6.42. The SMILES string of the molecule is COC(=O)c1ccccc1CS(=O)C(C)C(C)C. The van der Waals surface area contributed by atoms with Crippen LogP contribution in [0.1, 0.15) is 36.7 Å². The van der Waals surface area contributed by atoms with Crippen molar-refractivity contribution in [2.75, 3.05) is 7.11 Å². The van der Waals surface area contributed by atoms with Crippen molar-refractivity contribution in [3.8, 4) is 0 Å². The highest BCUT2D eigenvalue weighted by molar-refractivity contribution is 7.84. The number of carbonyl (C=O) groups is 1. The van der Waals surface area contributed by atoms with Gasteiger partial charge in [-0.2, -0.15) is 0 Å². The summed E-state index contributed by atoms with van der Waals surface area (Å²) >= 11 is 0. The molecule has 0 heterocycles. The van der Waals surface area contributed by atoms with Gasteiger partial charge in [0.05, 0.1) is 12.7 Å². The Morgan fingerprint density at radius 2 is 1.89 bits per heavy atom. The van der Waals surface area contributed by atoms with Crippen molar-refractivity contribution in [1.29, 1.82) is 0 Å². The number of rotatable bonds is 5. The van der Waals surface area contributed by atoms with Gasteiger partial charge in [0, 0.05) is 21.8 Å². The predicted octanol–water partition coefficient (Wildman–Crippen LogP) is 2.77. The molecule has 1 rings (SSSR count). The van der Waals surface area contributed by atoms with E-state index in [1.54, 1.807) is 12.1 Å². The van der Waals surface area contributed by atoms with E-state index in [-0.39, 0.29) is 11.2 Å². The Labute approximate surface area is 111 Å². The monoisotopic (exact) mass is 268 g/mol. The Balaban J connectivity index is 2.91. The molecule has 0 spiro atoms. The minimum absolute atomic E-state index is 0.107.